The molecule has 1 fully saturated rings. The summed E-state index contributed by atoms with van der Waals surface area (Å²) in [6.45, 7) is 9.61. The van der Waals surface area contributed by atoms with Crippen molar-refractivity contribution in [1.82, 2.24) is 20.5 Å². The number of thiazole rings is 1. The number of unbranched alkanes of at least 4 members (excludes halogenated alkanes) is 10. The minimum Gasteiger partial charge on any atom is -0.481 e. The van der Waals surface area contributed by atoms with E-state index in [4.69, 9.17) is 5.11 Å². The van der Waals surface area contributed by atoms with Crippen molar-refractivity contribution in [1.29, 1.82) is 0 Å². The topological polar surface area (TPSA) is 149 Å². The van der Waals surface area contributed by atoms with Gasteiger partial charge in [-0.2, -0.15) is 0 Å². The molecule has 272 valence electrons. The molecule has 1 aliphatic heterocycles. The summed E-state index contributed by atoms with van der Waals surface area (Å²) in [4.78, 5) is 57.9. The number of amides is 3. The molecular formula is C38H58N4O6S. The van der Waals surface area contributed by atoms with E-state index < -0.39 is 29.6 Å². The summed E-state index contributed by atoms with van der Waals surface area (Å²) in [6.07, 6.45) is 11.3. The van der Waals surface area contributed by atoms with Gasteiger partial charge in [0.2, 0.25) is 17.7 Å². The normalized spacial score (nSPS) is 17.5. The van der Waals surface area contributed by atoms with Gasteiger partial charge in [-0.05, 0) is 43.2 Å². The first-order valence-electron chi connectivity index (χ1n) is 18.1. The Bertz CT molecular complexity index is 1350. The number of carbonyl (C=O) groups is 4. The molecule has 4 unspecified atom stereocenters. The number of β-amino-alcohol motifs (C(OH)–C–C–N with tert-alkyl or cyclic N) is 1. The molecule has 10 nitrogen and oxygen atoms in total. The molecule has 0 aliphatic carbocycles. The Morgan fingerprint density at radius 2 is 1.45 bits per heavy atom. The van der Waals surface area contributed by atoms with Crippen molar-refractivity contribution in [3.05, 3.63) is 41.0 Å². The number of rotatable bonds is 20. The van der Waals surface area contributed by atoms with E-state index >= 15 is 0 Å². The third kappa shape index (κ3) is 13.2. The molecule has 2 aromatic rings. The number of hydrogen-bond acceptors (Lipinski definition) is 7. The third-order valence-corrected chi connectivity index (χ3v) is 10.3. The van der Waals surface area contributed by atoms with Crippen molar-refractivity contribution in [3.63, 3.8) is 0 Å². The minimum atomic E-state index is -0.831. The maximum absolute atomic E-state index is 13.9. The van der Waals surface area contributed by atoms with Gasteiger partial charge in [-0.1, -0.05) is 103 Å². The van der Waals surface area contributed by atoms with Crippen LogP contribution in [0.4, 0.5) is 0 Å². The number of aryl methyl sites for hydroxylation is 1. The van der Waals surface area contributed by atoms with Crippen LogP contribution in [0.3, 0.4) is 0 Å². The van der Waals surface area contributed by atoms with Crippen LogP contribution in [0.5, 0.6) is 0 Å². The molecule has 3 rings (SSSR count). The zero-order valence-corrected chi connectivity index (χ0v) is 30.9. The van der Waals surface area contributed by atoms with Gasteiger partial charge < -0.3 is 25.7 Å². The Kier molecular flexibility index (Phi) is 16.2. The van der Waals surface area contributed by atoms with E-state index in [9.17, 15) is 24.3 Å². The molecule has 11 heteroatoms. The second kappa shape index (κ2) is 19.8. The SMILES string of the molecule is Cc1ncsc1-c1ccc(C(C)NC(=O)C2CC(O)CN2C(=O)C(NC(=O)CCCCCCCCCCCCCC(=O)O)C(C)(C)C)cc1. The predicted molar refractivity (Wildman–Crippen MR) is 194 cm³/mol. The van der Waals surface area contributed by atoms with Crippen molar-refractivity contribution >= 4 is 35.0 Å². The van der Waals surface area contributed by atoms with Crippen LogP contribution in [0.1, 0.15) is 135 Å². The van der Waals surface area contributed by atoms with Crippen LogP contribution in [-0.2, 0) is 19.2 Å². The van der Waals surface area contributed by atoms with E-state index in [0.29, 0.717) is 6.42 Å². The second-order valence-corrected chi connectivity index (χ2v) is 15.5. The Labute approximate surface area is 296 Å². The van der Waals surface area contributed by atoms with Crippen molar-refractivity contribution < 1.29 is 29.4 Å². The highest BCUT2D eigenvalue weighted by atomic mass is 32.1. The molecule has 4 atom stereocenters. The van der Waals surface area contributed by atoms with Crippen molar-refractivity contribution in [2.45, 2.75) is 149 Å². The smallest absolute Gasteiger partial charge is 0.303 e. The Balaban J connectivity index is 1.44. The van der Waals surface area contributed by atoms with Gasteiger partial charge in [-0.15, -0.1) is 11.3 Å². The third-order valence-electron chi connectivity index (χ3n) is 9.35. The fourth-order valence-electron chi connectivity index (χ4n) is 6.40. The number of likely N-dealkylation sites (tertiary alicyclic amines) is 1. The first kappa shape index (κ1) is 40.1. The highest BCUT2D eigenvalue weighted by Gasteiger charge is 2.44. The molecule has 4 N–H and O–H groups in total. The number of hydrogen-bond donors (Lipinski definition) is 4. The summed E-state index contributed by atoms with van der Waals surface area (Å²) >= 11 is 1.59. The van der Waals surface area contributed by atoms with Gasteiger partial charge in [0.05, 0.1) is 28.2 Å². The maximum Gasteiger partial charge on any atom is 0.303 e. The van der Waals surface area contributed by atoms with E-state index in [1.807, 2.05) is 64.4 Å². The molecule has 0 radical (unpaired) electrons. The summed E-state index contributed by atoms with van der Waals surface area (Å²) in [7, 11) is 0. The molecule has 0 bridgehead atoms. The van der Waals surface area contributed by atoms with E-state index in [1.54, 1.807) is 11.3 Å². The zero-order chi connectivity index (χ0) is 36.0. The molecule has 3 amide bonds. The van der Waals surface area contributed by atoms with Crippen LogP contribution >= 0.6 is 11.3 Å². The highest BCUT2D eigenvalue weighted by Crippen LogP contribution is 2.29. The van der Waals surface area contributed by atoms with Crippen molar-refractivity contribution in [2.75, 3.05) is 6.54 Å². The predicted octanol–water partition coefficient (Wildman–Crippen LogP) is 6.94. The van der Waals surface area contributed by atoms with Gasteiger partial charge in [0.15, 0.2) is 0 Å². The zero-order valence-electron chi connectivity index (χ0n) is 30.1. The van der Waals surface area contributed by atoms with E-state index in [-0.39, 0.29) is 43.1 Å². The lowest BCUT2D eigenvalue weighted by molar-refractivity contribution is -0.144. The molecule has 0 spiro atoms. The van der Waals surface area contributed by atoms with Gasteiger partial charge in [-0.25, -0.2) is 4.98 Å². The highest BCUT2D eigenvalue weighted by molar-refractivity contribution is 7.13. The molecule has 0 saturated carbocycles. The number of benzene rings is 1. The number of carbonyl (C=O) groups excluding carboxylic acids is 3. The molecule has 1 saturated heterocycles. The molecule has 1 aliphatic rings. The number of aromatic nitrogens is 1. The van der Waals surface area contributed by atoms with Gasteiger partial charge in [0.1, 0.15) is 12.1 Å². The molecular weight excluding hydrogens is 641 g/mol. The number of carboxylic acids is 1. The fourth-order valence-corrected chi connectivity index (χ4v) is 7.21. The largest absolute Gasteiger partial charge is 0.481 e. The summed E-state index contributed by atoms with van der Waals surface area (Å²) in [5, 5.41) is 25.2. The number of carboxylic acid groups (broad SMARTS) is 1. The van der Waals surface area contributed by atoms with Gasteiger partial charge in [-0.3, -0.25) is 19.2 Å². The Morgan fingerprint density at radius 3 is 1.96 bits per heavy atom. The van der Waals surface area contributed by atoms with Crippen molar-refractivity contribution in [3.8, 4) is 10.4 Å². The molecule has 49 heavy (non-hydrogen) atoms. The summed E-state index contributed by atoms with van der Waals surface area (Å²) < 4.78 is 0. The number of nitrogens with zero attached hydrogens (tertiary/aromatic N) is 2. The Hall–Kier alpha value is -3.31. The first-order chi connectivity index (χ1) is 23.3. The number of aliphatic carboxylic acids is 1. The Morgan fingerprint density at radius 1 is 0.898 bits per heavy atom. The lowest BCUT2D eigenvalue weighted by Crippen LogP contribution is -2.57. The van der Waals surface area contributed by atoms with Crippen molar-refractivity contribution in [2.24, 2.45) is 5.41 Å². The minimum absolute atomic E-state index is 0.0430. The molecule has 1 aromatic heterocycles. The van der Waals surface area contributed by atoms with Crippen LogP contribution in [0.15, 0.2) is 29.8 Å². The quantitative estimate of drug-likeness (QED) is 0.109. The van der Waals surface area contributed by atoms with Crippen LogP contribution in [-0.4, -0.2) is 68.5 Å². The van der Waals surface area contributed by atoms with Gasteiger partial charge in [0, 0.05) is 25.8 Å². The van der Waals surface area contributed by atoms with Crippen LogP contribution in [0, 0.1) is 12.3 Å². The fraction of sp³-hybridized carbons (Fsp3) is 0.658. The van der Waals surface area contributed by atoms with Gasteiger partial charge >= 0.3 is 5.97 Å². The second-order valence-electron chi connectivity index (χ2n) is 14.7. The van der Waals surface area contributed by atoms with Crippen LogP contribution in [0.2, 0.25) is 0 Å². The molecule has 1 aromatic carbocycles. The summed E-state index contributed by atoms with van der Waals surface area (Å²) in [6, 6.07) is 6.03. The van der Waals surface area contributed by atoms with E-state index in [1.165, 1.54) is 17.7 Å². The number of aliphatic hydroxyl groups is 1. The van der Waals surface area contributed by atoms with Crippen LogP contribution < -0.4 is 10.6 Å². The van der Waals surface area contributed by atoms with Gasteiger partial charge in [0.25, 0.3) is 0 Å². The van der Waals surface area contributed by atoms with E-state index in [2.05, 4.69) is 15.6 Å². The first-order valence-corrected chi connectivity index (χ1v) is 19.0. The van der Waals surface area contributed by atoms with Crippen LogP contribution in [0.25, 0.3) is 10.4 Å². The lowest BCUT2D eigenvalue weighted by atomic mass is 9.85. The molecule has 2 heterocycles. The number of nitrogens with one attached hydrogen (secondary N) is 2. The maximum atomic E-state index is 13.9. The average molecular weight is 699 g/mol. The van der Waals surface area contributed by atoms with E-state index in [0.717, 1.165) is 79.5 Å². The average Bonchev–Trinajstić information content (AvgIpc) is 3.66. The number of aliphatic hydroxyl groups excluding tert-OH is 1. The summed E-state index contributed by atoms with van der Waals surface area (Å²) in [5.41, 5.74) is 4.21. The standard InChI is InChI=1S/C38H58N4O6S/c1-26(28-19-21-29(22-20-28)34-27(2)39-25-49-34)40-36(47)31-23-30(43)24-42(31)37(48)35(38(3,4)5)41-32(44)17-15-13-11-9-7-6-8-10-12-14-16-18-33(45)46/h19-22,25-26,30-31,35,43H,6-18,23-24H2,1-5H3,(H,40,47)(H,41,44)(H,45,46). The monoisotopic (exact) mass is 698 g/mol. The summed E-state index contributed by atoms with van der Waals surface area (Å²) in [5.74, 6) is -1.57. The lowest BCUT2D eigenvalue weighted by Gasteiger charge is -2.35.